The number of aromatic amines is 1. The van der Waals surface area contributed by atoms with Gasteiger partial charge in [-0.2, -0.15) is 5.26 Å². The second-order valence-corrected chi connectivity index (χ2v) is 4.29. The van der Waals surface area contributed by atoms with Gasteiger partial charge in [0.15, 0.2) is 5.56 Å². The van der Waals surface area contributed by atoms with Gasteiger partial charge in [0.25, 0.3) is 5.82 Å². The minimum Gasteiger partial charge on any atom is -0.508 e. The van der Waals surface area contributed by atoms with Crippen molar-refractivity contribution < 1.29 is 10.1 Å². The van der Waals surface area contributed by atoms with E-state index in [1.165, 1.54) is 0 Å². The Morgan fingerprint density at radius 2 is 1.89 bits per heavy atom. The number of hydrogen-bond acceptors (Lipinski definition) is 4. The molecule has 5 heteroatoms. The number of phenols is 1. The molecule has 1 aromatic heterocycles. The Balaban J connectivity index is 2.38. The van der Waals surface area contributed by atoms with Crippen LogP contribution in [0, 0.1) is 11.3 Å². The molecule has 1 aromatic carbocycles. The van der Waals surface area contributed by atoms with E-state index in [1.807, 2.05) is 25.1 Å². The zero-order valence-corrected chi connectivity index (χ0v) is 10.8. The van der Waals surface area contributed by atoms with Crippen LogP contribution < -0.4 is 15.2 Å². The predicted molar refractivity (Wildman–Crippen MR) is 73.4 cm³/mol. The monoisotopic (exact) mass is 255 g/mol. The summed E-state index contributed by atoms with van der Waals surface area (Å²) in [5, 5.41) is 21.7. The number of nitrogens with one attached hydrogen (secondary N) is 2. The van der Waals surface area contributed by atoms with E-state index >= 15 is 0 Å². The second kappa shape index (κ2) is 5.27. The Morgan fingerprint density at radius 1 is 1.21 bits per heavy atom. The van der Waals surface area contributed by atoms with Gasteiger partial charge < -0.3 is 10.0 Å². The van der Waals surface area contributed by atoms with Gasteiger partial charge in [0.2, 0.25) is 0 Å². The van der Waals surface area contributed by atoms with Gasteiger partial charge in [0.05, 0.1) is 11.9 Å². The summed E-state index contributed by atoms with van der Waals surface area (Å²) in [6.45, 7) is 0. The third-order valence-electron chi connectivity index (χ3n) is 2.71. The molecule has 0 fully saturated rings. The van der Waals surface area contributed by atoms with E-state index in [0.717, 1.165) is 11.4 Å². The molecule has 96 valence electrons. The van der Waals surface area contributed by atoms with Crippen LogP contribution >= 0.6 is 0 Å². The first-order valence-corrected chi connectivity index (χ1v) is 5.80. The van der Waals surface area contributed by atoms with Crippen LogP contribution in [0.2, 0.25) is 0 Å². The average molecular weight is 255 g/mol. The molecule has 3 N–H and O–H groups in total. The van der Waals surface area contributed by atoms with Crippen LogP contribution in [0.3, 0.4) is 0 Å². The summed E-state index contributed by atoms with van der Waals surface area (Å²) in [5.74, 6) is 0.830. The zero-order chi connectivity index (χ0) is 13.8. The largest absolute Gasteiger partial charge is 0.508 e. The molecule has 2 aromatic rings. The summed E-state index contributed by atoms with van der Waals surface area (Å²) in [6.07, 6.45) is 1.78. The van der Waals surface area contributed by atoms with E-state index in [9.17, 15) is 10.4 Å². The van der Waals surface area contributed by atoms with Crippen molar-refractivity contribution in [2.75, 3.05) is 24.3 Å². The maximum Gasteiger partial charge on any atom is 0.297 e. The minimum atomic E-state index is 0.206. The maximum absolute atomic E-state index is 9.29. The van der Waals surface area contributed by atoms with Gasteiger partial charge in [-0.05, 0) is 24.3 Å². The molecule has 0 aliphatic rings. The maximum atomic E-state index is 9.29. The number of anilines is 3. The summed E-state index contributed by atoms with van der Waals surface area (Å²) in [4.78, 5) is 4.91. The van der Waals surface area contributed by atoms with E-state index in [0.29, 0.717) is 11.4 Å². The van der Waals surface area contributed by atoms with E-state index in [-0.39, 0.29) is 5.75 Å². The van der Waals surface area contributed by atoms with Crippen molar-refractivity contribution in [3.05, 3.63) is 42.1 Å². The van der Waals surface area contributed by atoms with Crippen LogP contribution in [-0.4, -0.2) is 19.2 Å². The molecular formula is C14H15N4O+. The lowest BCUT2D eigenvalue weighted by Gasteiger charge is -2.13. The van der Waals surface area contributed by atoms with Crippen LogP contribution in [0.5, 0.6) is 5.75 Å². The van der Waals surface area contributed by atoms with E-state index in [2.05, 4.69) is 16.4 Å². The molecule has 0 spiro atoms. The first kappa shape index (κ1) is 12.7. The SMILES string of the molecule is CN(C)c1cc[nH+]c(Nc2ccc(O)cc2)c1C#N. The van der Waals surface area contributed by atoms with Crippen molar-refractivity contribution in [3.63, 3.8) is 0 Å². The number of aromatic nitrogens is 1. The summed E-state index contributed by atoms with van der Waals surface area (Å²) in [7, 11) is 3.78. The molecule has 1 heterocycles. The smallest absolute Gasteiger partial charge is 0.297 e. The quantitative estimate of drug-likeness (QED) is 0.821. The van der Waals surface area contributed by atoms with Gasteiger partial charge in [-0.25, -0.2) is 10.3 Å². The van der Waals surface area contributed by atoms with Crippen molar-refractivity contribution >= 4 is 17.2 Å². The van der Waals surface area contributed by atoms with Crippen LogP contribution in [0.25, 0.3) is 0 Å². The molecule has 0 aliphatic heterocycles. The number of aromatic hydroxyl groups is 1. The van der Waals surface area contributed by atoms with Gasteiger partial charge in [-0.3, -0.25) is 0 Å². The van der Waals surface area contributed by atoms with Gasteiger partial charge in [-0.15, -0.1) is 0 Å². The Morgan fingerprint density at radius 3 is 2.47 bits per heavy atom. The van der Waals surface area contributed by atoms with Crippen molar-refractivity contribution in [1.82, 2.24) is 0 Å². The highest BCUT2D eigenvalue weighted by Crippen LogP contribution is 2.24. The molecule has 2 rings (SSSR count). The van der Waals surface area contributed by atoms with E-state index < -0.39 is 0 Å². The molecule has 19 heavy (non-hydrogen) atoms. The molecule has 0 radical (unpaired) electrons. The summed E-state index contributed by atoms with van der Waals surface area (Å²) >= 11 is 0. The molecule has 0 unspecified atom stereocenters. The van der Waals surface area contributed by atoms with Crippen LogP contribution in [0.4, 0.5) is 17.2 Å². The van der Waals surface area contributed by atoms with Gasteiger partial charge in [0.1, 0.15) is 17.5 Å². The molecule has 0 bridgehead atoms. The molecule has 5 nitrogen and oxygen atoms in total. The normalized spacial score (nSPS) is 9.74. The highest BCUT2D eigenvalue weighted by molar-refractivity contribution is 5.70. The number of hydrogen-bond donors (Lipinski definition) is 2. The van der Waals surface area contributed by atoms with E-state index in [1.54, 1.807) is 30.5 Å². The first-order chi connectivity index (χ1) is 9.11. The standard InChI is InChI=1S/C14H14N4O/c1-18(2)13-7-8-16-14(12(13)9-15)17-10-3-5-11(19)6-4-10/h3-8,19H,1-2H3,(H,16,17)/p+1. The highest BCUT2D eigenvalue weighted by Gasteiger charge is 2.16. The number of nitrogens with zero attached hydrogens (tertiary/aromatic N) is 2. The van der Waals surface area contributed by atoms with Crippen molar-refractivity contribution in [1.29, 1.82) is 5.26 Å². The van der Waals surface area contributed by atoms with Gasteiger partial charge in [-0.1, -0.05) is 0 Å². The Bertz CT molecular complexity index is 614. The fraction of sp³-hybridized carbons (Fsp3) is 0.143. The van der Waals surface area contributed by atoms with Crippen LogP contribution in [0.15, 0.2) is 36.5 Å². The topological polar surface area (TPSA) is 73.4 Å². The fourth-order valence-electron chi connectivity index (χ4n) is 1.76. The molecule has 0 amide bonds. The molecule has 0 saturated heterocycles. The molecule has 0 aliphatic carbocycles. The minimum absolute atomic E-state index is 0.206. The third-order valence-corrected chi connectivity index (χ3v) is 2.71. The van der Waals surface area contributed by atoms with Crippen molar-refractivity contribution in [2.45, 2.75) is 0 Å². The average Bonchev–Trinajstić information content (AvgIpc) is 2.41. The number of nitriles is 1. The summed E-state index contributed by atoms with van der Waals surface area (Å²) < 4.78 is 0. The number of phenolic OH excluding ortho intramolecular Hbond substituents is 1. The number of rotatable bonds is 3. The van der Waals surface area contributed by atoms with Crippen LogP contribution in [0.1, 0.15) is 5.56 Å². The Kier molecular flexibility index (Phi) is 3.53. The van der Waals surface area contributed by atoms with Crippen molar-refractivity contribution in [2.24, 2.45) is 0 Å². The lowest BCUT2D eigenvalue weighted by molar-refractivity contribution is -0.360. The highest BCUT2D eigenvalue weighted by atomic mass is 16.3. The second-order valence-electron chi connectivity index (χ2n) is 4.29. The van der Waals surface area contributed by atoms with Crippen LogP contribution in [-0.2, 0) is 0 Å². The number of benzene rings is 1. The predicted octanol–water partition coefficient (Wildman–Crippen LogP) is 1.89. The number of pyridine rings is 1. The molecule has 0 atom stereocenters. The van der Waals surface area contributed by atoms with Gasteiger partial charge >= 0.3 is 0 Å². The fourth-order valence-corrected chi connectivity index (χ4v) is 1.76. The first-order valence-electron chi connectivity index (χ1n) is 5.80. The molecule has 0 saturated carbocycles. The summed E-state index contributed by atoms with van der Waals surface area (Å²) in [5.41, 5.74) is 2.17. The van der Waals surface area contributed by atoms with E-state index in [4.69, 9.17) is 0 Å². The Labute approximate surface area is 111 Å². The van der Waals surface area contributed by atoms with Crippen molar-refractivity contribution in [3.8, 4) is 11.8 Å². The molecular weight excluding hydrogens is 240 g/mol. The number of H-pyrrole nitrogens is 1. The Hall–Kier alpha value is -2.74. The lowest BCUT2D eigenvalue weighted by atomic mass is 10.2. The third kappa shape index (κ3) is 2.75. The zero-order valence-electron chi connectivity index (χ0n) is 10.8. The summed E-state index contributed by atoms with van der Waals surface area (Å²) in [6, 6.07) is 10.7. The van der Waals surface area contributed by atoms with Gasteiger partial charge in [0, 0.05) is 20.2 Å². The lowest BCUT2D eigenvalue weighted by Crippen LogP contribution is -2.17.